The highest BCUT2D eigenvalue weighted by molar-refractivity contribution is 6.13. The van der Waals surface area contributed by atoms with E-state index in [1.165, 1.54) is 12.1 Å². The highest BCUT2D eigenvalue weighted by atomic mass is 16.4. The summed E-state index contributed by atoms with van der Waals surface area (Å²) in [4.78, 5) is 23.2. The molecule has 0 spiro atoms. The van der Waals surface area contributed by atoms with Gasteiger partial charge < -0.3 is 15.0 Å². The van der Waals surface area contributed by atoms with Gasteiger partial charge in [0.15, 0.2) is 0 Å². The van der Waals surface area contributed by atoms with Gasteiger partial charge in [-0.25, -0.2) is 4.79 Å². The normalized spacial score (nSPS) is 10.6. The number of carboxylic acids is 1. The van der Waals surface area contributed by atoms with Crippen LogP contribution in [-0.4, -0.2) is 21.6 Å². The minimum atomic E-state index is -0.994. The Labute approximate surface area is 126 Å². The highest BCUT2D eigenvalue weighted by Crippen LogP contribution is 2.21. The zero-order valence-corrected chi connectivity index (χ0v) is 11.9. The Morgan fingerprint density at radius 1 is 1.05 bits per heavy atom. The Morgan fingerprint density at radius 2 is 1.73 bits per heavy atom. The number of aromatic nitrogens is 1. The van der Waals surface area contributed by atoms with Crippen molar-refractivity contribution in [1.29, 1.82) is 0 Å². The number of fused-ring (bicyclic) bond motifs is 1. The summed E-state index contributed by atoms with van der Waals surface area (Å²) in [6.07, 6.45) is 1.78. The summed E-state index contributed by atoms with van der Waals surface area (Å²) >= 11 is 0. The molecule has 0 atom stereocenters. The van der Waals surface area contributed by atoms with Crippen LogP contribution in [0, 0.1) is 0 Å². The van der Waals surface area contributed by atoms with Crippen LogP contribution in [0.5, 0.6) is 0 Å². The number of hydrogen-bond donors (Lipinski definition) is 2. The first-order valence-corrected chi connectivity index (χ1v) is 6.75. The molecule has 22 heavy (non-hydrogen) atoms. The van der Waals surface area contributed by atoms with Gasteiger partial charge in [0.1, 0.15) is 0 Å². The van der Waals surface area contributed by atoms with E-state index in [0.29, 0.717) is 11.3 Å². The van der Waals surface area contributed by atoms with Gasteiger partial charge in [-0.2, -0.15) is 0 Å². The zero-order chi connectivity index (χ0) is 15.7. The van der Waals surface area contributed by atoms with Crippen molar-refractivity contribution in [2.75, 3.05) is 5.32 Å². The molecule has 0 bridgehead atoms. The third-order valence-electron chi connectivity index (χ3n) is 3.53. The molecule has 110 valence electrons. The van der Waals surface area contributed by atoms with E-state index in [9.17, 15) is 9.59 Å². The lowest BCUT2D eigenvalue weighted by Gasteiger charge is -2.04. The van der Waals surface area contributed by atoms with Crippen LogP contribution in [0.4, 0.5) is 5.69 Å². The fraction of sp³-hybridized carbons (Fsp3) is 0.0588. The van der Waals surface area contributed by atoms with Crippen molar-refractivity contribution in [3.05, 3.63) is 65.9 Å². The summed E-state index contributed by atoms with van der Waals surface area (Å²) in [5.41, 5.74) is 2.31. The molecule has 5 heteroatoms. The molecule has 1 amide bonds. The molecular weight excluding hydrogens is 280 g/mol. The van der Waals surface area contributed by atoms with Crippen molar-refractivity contribution >= 4 is 28.5 Å². The van der Waals surface area contributed by atoms with Crippen molar-refractivity contribution in [2.45, 2.75) is 0 Å². The van der Waals surface area contributed by atoms with Crippen LogP contribution in [0.3, 0.4) is 0 Å². The maximum Gasteiger partial charge on any atom is 0.335 e. The second-order valence-electron chi connectivity index (χ2n) is 5.01. The van der Waals surface area contributed by atoms with E-state index in [-0.39, 0.29) is 11.5 Å². The number of aromatic carboxylic acids is 1. The third kappa shape index (κ3) is 2.44. The van der Waals surface area contributed by atoms with Crippen molar-refractivity contribution < 1.29 is 14.7 Å². The standard InChI is InChI=1S/C17H14N2O3/c1-19-10-14(13-4-2-3-5-15(13)19)16(20)18-12-8-6-11(7-9-12)17(21)22/h2-10H,1H3,(H,18,20)(H,21,22). The smallest absolute Gasteiger partial charge is 0.335 e. The summed E-state index contributed by atoms with van der Waals surface area (Å²) in [5.74, 6) is -1.22. The molecular formula is C17H14N2O3. The minimum Gasteiger partial charge on any atom is -0.478 e. The number of carbonyl (C=O) groups is 2. The third-order valence-corrected chi connectivity index (χ3v) is 3.53. The Hall–Kier alpha value is -3.08. The predicted molar refractivity (Wildman–Crippen MR) is 84.3 cm³/mol. The Kier molecular flexibility index (Phi) is 3.39. The molecule has 0 saturated heterocycles. The summed E-state index contributed by atoms with van der Waals surface area (Å²) in [6, 6.07) is 13.7. The van der Waals surface area contributed by atoms with Gasteiger partial charge in [0, 0.05) is 29.8 Å². The van der Waals surface area contributed by atoms with E-state index < -0.39 is 5.97 Å². The fourth-order valence-corrected chi connectivity index (χ4v) is 2.42. The molecule has 3 aromatic rings. The van der Waals surface area contributed by atoms with Gasteiger partial charge in [0.2, 0.25) is 0 Å². The predicted octanol–water partition coefficient (Wildman–Crippen LogP) is 3.13. The maximum atomic E-state index is 12.4. The van der Waals surface area contributed by atoms with E-state index in [1.54, 1.807) is 18.3 Å². The van der Waals surface area contributed by atoms with Crippen molar-refractivity contribution in [3.63, 3.8) is 0 Å². The number of nitrogens with one attached hydrogen (secondary N) is 1. The highest BCUT2D eigenvalue weighted by Gasteiger charge is 2.13. The molecule has 0 radical (unpaired) electrons. The first kappa shape index (κ1) is 13.9. The van der Waals surface area contributed by atoms with E-state index in [0.717, 1.165) is 10.9 Å². The molecule has 0 fully saturated rings. The number of amides is 1. The molecule has 1 heterocycles. The number of carboxylic acid groups (broad SMARTS) is 1. The summed E-state index contributed by atoms with van der Waals surface area (Å²) in [7, 11) is 1.89. The van der Waals surface area contributed by atoms with Gasteiger partial charge in [0.25, 0.3) is 5.91 Å². The lowest BCUT2D eigenvalue weighted by atomic mass is 10.1. The summed E-state index contributed by atoms with van der Waals surface area (Å²) in [6.45, 7) is 0. The van der Waals surface area contributed by atoms with Crippen LogP contribution in [0.25, 0.3) is 10.9 Å². The number of nitrogens with zero attached hydrogens (tertiary/aromatic N) is 1. The first-order valence-electron chi connectivity index (χ1n) is 6.75. The van der Waals surface area contributed by atoms with Crippen LogP contribution in [-0.2, 0) is 7.05 Å². The molecule has 2 N–H and O–H groups in total. The van der Waals surface area contributed by atoms with Gasteiger partial charge >= 0.3 is 5.97 Å². The topological polar surface area (TPSA) is 71.3 Å². The molecule has 1 aromatic heterocycles. The quantitative estimate of drug-likeness (QED) is 0.779. The van der Waals surface area contributed by atoms with E-state index in [4.69, 9.17) is 5.11 Å². The van der Waals surface area contributed by atoms with Gasteiger partial charge in [-0.1, -0.05) is 18.2 Å². The monoisotopic (exact) mass is 294 g/mol. The molecule has 0 aliphatic rings. The van der Waals surface area contributed by atoms with E-state index >= 15 is 0 Å². The van der Waals surface area contributed by atoms with Crippen molar-refractivity contribution in [3.8, 4) is 0 Å². The molecule has 0 saturated carbocycles. The SMILES string of the molecule is Cn1cc(C(=O)Nc2ccc(C(=O)O)cc2)c2ccccc21. The fourth-order valence-electron chi connectivity index (χ4n) is 2.42. The Morgan fingerprint density at radius 3 is 2.41 bits per heavy atom. The van der Waals surface area contributed by atoms with Gasteiger partial charge in [-0.15, -0.1) is 0 Å². The van der Waals surface area contributed by atoms with Gasteiger partial charge in [-0.3, -0.25) is 4.79 Å². The van der Waals surface area contributed by atoms with Crippen LogP contribution >= 0.6 is 0 Å². The second kappa shape index (κ2) is 5.37. The Bertz CT molecular complexity index is 863. The molecule has 3 rings (SSSR count). The number of aryl methyl sites for hydroxylation is 1. The molecule has 2 aromatic carbocycles. The van der Waals surface area contributed by atoms with E-state index in [1.807, 2.05) is 35.9 Å². The second-order valence-corrected chi connectivity index (χ2v) is 5.01. The van der Waals surface area contributed by atoms with Gasteiger partial charge in [-0.05, 0) is 30.3 Å². The summed E-state index contributed by atoms with van der Waals surface area (Å²) < 4.78 is 1.90. The minimum absolute atomic E-state index is 0.183. The zero-order valence-electron chi connectivity index (χ0n) is 11.9. The van der Waals surface area contributed by atoms with E-state index in [2.05, 4.69) is 5.32 Å². The number of anilines is 1. The largest absolute Gasteiger partial charge is 0.478 e. The van der Waals surface area contributed by atoms with Gasteiger partial charge in [0.05, 0.1) is 11.1 Å². The number of carbonyl (C=O) groups excluding carboxylic acids is 1. The van der Waals surface area contributed by atoms with Crippen molar-refractivity contribution in [1.82, 2.24) is 4.57 Å². The Balaban J connectivity index is 1.89. The van der Waals surface area contributed by atoms with Crippen molar-refractivity contribution in [2.24, 2.45) is 7.05 Å². The molecule has 5 nitrogen and oxygen atoms in total. The number of rotatable bonds is 3. The number of hydrogen-bond acceptors (Lipinski definition) is 2. The summed E-state index contributed by atoms with van der Waals surface area (Å²) in [5, 5.41) is 12.5. The lowest BCUT2D eigenvalue weighted by Crippen LogP contribution is -2.11. The van der Waals surface area contributed by atoms with Crippen LogP contribution in [0.15, 0.2) is 54.7 Å². The first-order chi connectivity index (χ1) is 10.6. The number of para-hydroxylation sites is 1. The maximum absolute atomic E-state index is 12.4. The molecule has 0 aliphatic carbocycles. The molecule has 0 unspecified atom stereocenters. The average molecular weight is 294 g/mol. The van der Waals surface area contributed by atoms with Crippen LogP contribution in [0.1, 0.15) is 20.7 Å². The average Bonchev–Trinajstić information content (AvgIpc) is 2.86. The number of benzene rings is 2. The van der Waals surface area contributed by atoms with Crippen LogP contribution < -0.4 is 5.32 Å². The lowest BCUT2D eigenvalue weighted by molar-refractivity contribution is 0.0696. The van der Waals surface area contributed by atoms with Crippen LogP contribution in [0.2, 0.25) is 0 Å². The molecule has 0 aliphatic heterocycles.